The topological polar surface area (TPSA) is 9.23 Å². The molecule has 0 radical (unpaired) electrons. The molecule has 0 saturated heterocycles. The Bertz CT molecular complexity index is 320. The van der Waals surface area contributed by atoms with Gasteiger partial charge in [0, 0.05) is 6.42 Å². The van der Waals surface area contributed by atoms with Crippen LogP contribution in [0.15, 0.2) is 30.3 Å². The molecule has 0 amide bonds. The van der Waals surface area contributed by atoms with Crippen LogP contribution in [-0.2, 0) is 11.2 Å². The molecule has 0 aliphatic rings. The second-order valence-electron chi connectivity index (χ2n) is 3.98. The van der Waals surface area contributed by atoms with Crippen molar-refractivity contribution in [1.29, 1.82) is 0 Å². The average molecular weight is 240 g/mol. The third-order valence-electron chi connectivity index (χ3n) is 2.00. The normalized spacial score (nSPS) is 11.1. The molecular weight excluding hydrogens is 224 g/mol. The first-order valence-corrected chi connectivity index (χ1v) is 6.48. The molecule has 82 valence electrons. The third-order valence-corrected chi connectivity index (χ3v) is 3.00. The smallest absolute Gasteiger partial charge is 0.220 e. The zero-order chi connectivity index (χ0) is 11.3. The number of hydrogen-bond donors (Lipinski definition) is 0. The van der Waals surface area contributed by atoms with E-state index in [4.69, 9.17) is 17.0 Å². The minimum atomic E-state index is -0.235. The highest BCUT2D eigenvalue weighted by molar-refractivity contribution is 8.22. The van der Waals surface area contributed by atoms with Gasteiger partial charge in [0.25, 0.3) is 0 Å². The van der Waals surface area contributed by atoms with Gasteiger partial charge in [-0.15, -0.1) is 0 Å². The van der Waals surface area contributed by atoms with Gasteiger partial charge in [0.05, 0.1) is 0 Å². The molecule has 0 atom stereocenters. The van der Waals surface area contributed by atoms with Gasteiger partial charge in [-0.3, -0.25) is 0 Å². The number of thioether (sulfide) groups is 1. The third kappa shape index (κ3) is 4.67. The largest absolute Gasteiger partial charge is 0.472 e. The fourth-order valence-corrected chi connectivity index (χ4v) is 1.93. The summed E-state index contributed by atoms with van der Waals surface area (Å²) in [5, 5.41) is 0. The first-order chi connectivity index (χ1) is 7.03. The molecule has 0 spiro atoms. The number of thiocarbonyl (C=S) groups is 1. The van der Waals surface area contributed by atoms with Crippen LogP contribution in [0.3, 0.4) is 0 Å². The number of hydrogen-bond acceptors (Lipinski definition) is 3. The van der Waals surface area contributed by atoms with Gasteiger partial charge < -0.3 is 4.74 Å². The van der Waals surface area contributed by atoms with Crippen LogP contribution in [0.25, 0.3) is 0 Å². The van der Waals surface area contributed by atoms with E-state index in [1.165, 1.54) is 17.3 Å². The van der Waals surface area contributed by atoms with Crippen molar-refractivity contribution in [1.82, 2.24) is 0 Å². The average Bonchev–Trinajstić information content (AvgIpc) is 2.17. The molecule has 0 aromatic heterocycles. The Hall–Kier alpha value is -0.540. The van der Waals surface area contributed by atoms with Gasteiger partial charge in [0.2, 0.25) is 4.38 Å². The van der Waals surface area contributed by atoms with Crippen LogP contribution in [0, 0.1) is 0 Å². The van der Waals surface area contributed by atoms with E-state index in [1.807, 2.05) is 24.5 Å². The van der Waals surface area contributed by atoms with Crippen molar-refractivity contribution in [2.24, 2.45) is 0 Å². The molecule has 1 aromatic rings. The SMILES string of the molecule is CSC(=S)OC(C)(C)Cc1ccccc1. The summed E-state index contributed by atoms with van der Waals surface area (Å²) in [6.07, 6.45) is 2.80. The van der Waals surface area contributed by atoms with E-state index in [9.17, 15) is 0 Å². The van der Waals surface area contributed by atoms with Crippen LogP contribution in [-0.4, -0.2) is 16.2 Å². The summed E-state index contributed by atoms with van der Waals surface area (Å²) < 4.78 is 6.29. The van der Waals surface area contributed by atoms with Gasteiger partial charge in [-0.1, -0.05) is 42.1 Å². The van der Waals surface area contributed by atoms with E-state index in [2.05, 4.69) is 26.0 Å². The van der Waals surface area contributed by atoms with Crippen molar-refractivity contribution in [3.05, 3.63) is 35.9 Å². The van der Waals surface area contributed by atoms with Gasteiger partial charge in [0.15, 0.2) is 0 Å². The Morgan fingerprint density at radius 3 is 2.47 bits per heavy atom. The zero-order valence-electron chi connectivity index (χ0n) is 9.32. The highest BCUT2D eigenvalue weighted by atomic mass is 32.2. The highest BCUT2D eigenvalue weighted by Gasteiger charge is 2.21. The van der Waals surface area contributed by atoms with E-state index in [-0.39, 0.29) is 5.60 Å². The first kappa shape index (κ1) is 12.5. The van der Waals surface area contributed by atoms with Crippen LogP contribution in [0.4, 0.5) is 0 Å². The van der Waals surface area contributed by atoms with Crippen molar-refractivity contribution < 1.29 is 4.74 Å². The lowest BCUT2D eigenvalue weighted by molar-refractivity contribution is 0.106. The van der Waals surface area contributed by atoms with E-state index in [1.54, 1.807) is 0 Å². The van der Waals surface area contributed by atoms with Crippen molar-refractivity contribution in [2.75, 3.05) is 6.26 Å². The lowest BCUT2D eigenvalue weighted by Crippen LogP contribution is -2.28. The summed E-state index contributed by atoms with van der Waals surface area (Å²) in [4.78, 5) is 0. The van der Waals surface area contributed by atoms with Gasteiger partial charge in [-0.05, 0) is 37.9 Å². The quantitative estimate of drug-likeness (QED) is 0.746. The van der Waals surface area contributed by atoms with Gasteiger partial charge in [0.1, 0.15) is 5.60 Å². The lowest BCUT2D eigenvalue weighted by Gasteiger charge is -2.26. The molecule has 3 heteroatoms. The fraction of sp³-hybridized carbons (Fsp3) is 0.417. The molecule has 0 unspecified atom stereocenters. The number of rotatable bonds is 3. The second-order valence-corrected chi connectivity index (χ2v) is 5.39. The summed E-state index contributed by atoms with van der Waals surface area (Å²) in [5.41, 5.74) is 1.04. The summed E-state index contributed by atoms with van der Waals surface area (Å²) in [7, 11) is 0. The summed E-state index contributed by atoms with van der Waals surface area (Å²) >= 11 is 6.53. The first-order valence-electron chi connectivity index (χ1n) is 4.84. The van der Waals surface area contributed by atoms with E-state index < -0.39 is 0 Å². The van der Waals surface area contributed by atoms with Gasteiger partial charge in [-0.2, -0.15) is 0 Å². The maximum absolute atomic E-state index is 5.69. The standard InChI is InChI=1S/C12H16OS2/c1-12(2,13-11(14)15-3)9-10-7-5-4-6-8-10/h4-8H,9H2,1-3H3. The Balaban J connectivity index is 2.60. The van der Waals surface area contributed by atoms with Crippen molar-refractivity contribution >= 4 is 28.4 Å². The number of benzene rings is 1. The predicted molar refractivity (Wildman–Crippen MR) is 71.4 cm³/mol. The van der Waals surface area contributed by atoms with Crippen molar-refractivity contribution in [3.63, 3.8) is 0 Å². The molecular formula is C12H16OS2. The maximum atomic E-state index is 5.69. The summed E-state index contributed by atoms with van der Waals surface area (Å²) in [6, 6.07) is 10.3. The second kappa shape index (κ2) is 5.52. The zero-order valence-corrected chi connectivity index (χ0v) is 11.0. The predicted octanol–water partition coefficient (Wildman–Crippen LogP) is 3.67. The van der Waals surface area contributed by atoms with Crippen LogP contribution in [0.1, 0.15) is 19.4 Å². The molecule has 1 aromatic carbocycles. The summed E-state index contributed by atoms with van der Waals surface area (Å²) in [6.45, 7) is 4.12. The molecule has 1 rings (SSSR count). The monoisotopic (exact) mass is 240 g/mol. The van der Waals surface area contributed by atoms with Crippen molar-refractivity contribution in [2.45, 2.75) is 25.9 Å². The lowest BCUT2D eigenvalue weighted by atomic mass is 9.99. The molecule has 0 N–H and O–H groups in total. The molecule has 0 saturated carbocycles. The molecule has 15 heavy (non-hydrogen) atoms. The Morgan fingerprint density at radius 1 is 1.33 bits per heavy atom. The molecule has 0 aliphatic heterocycles. The molecule has 1 nitrogen and oxygen atoms in total. The minimum Gasteiger partial charge on any atom is -0.472 e. The summed E-state index contributed by atoms with van der Waals surface area (Å²) in [5.74, 6) is 0. The van der Waals surface area contributed by atoms with Crippen LogP contribution >= 0.6 is 24.0 Å². The highest BCUT2D eigenvalue weighted by Crippen LogP contribution is 2.19. The maximum Gasteiger partial charge on any atom is 0.220 e. The molecule has 0 heterocycles. The Morgan fingerprint density at radius 2 is 1.93 bits per heavy atom. The van der Waals surface area contributed by atoms with Crippen LogP contribution in [0.5, 0.6) is 0 Å². The number of ether oxygens (including phenoxy) is 1. The fourth-order valence-electron chi connectivity index (χ4n) is 1.39. The van der Waals surface area contributed by atoms with Crippen LogP contribution in [0.2, 0.25) is 0 Å². The Kier molecular flexibility index (Phi) is 4.61. The molecule has 0 aliphatic carbocycles. The van der Waals surface area contributed by atoms with Gasteiger partial charge in [-0.25, -0.2) is 0 Å². The molecule has 0 fully saturated rings. The minimum absolute atomic E-state index is 0.235. The molecule has 0 bridgehead atoms. The van der Waals surface area contributed by atoms with Crippen LogP contribution < -0.4 is 0 Å². The van der Waals surface area contributed by atoms with E-state index in [0.29, 0.717) is 4.38 Å². The Labute approximate surface area is 101 Å². The van der Waals surface area contributed by atoms with Crippen molar-refractivity contribution in [3.8, 4) is 0 Å². The van der Waals surface area contributed by atoms with E-state index >= 15 is 0 Å². The van der Waals surface area contributed by atoms with Gasteiger partial charge >= 0.3 is 0 Å². The van der Waals surface area contributed by atoms with E-state index in [0.717, 1.165) is 6.42 Å².